The Morgan fingerprint density at radius 1 is 1.50 bits per heavy atom. The summed E-state index contributed by atoms with van der Waals surface area (Å²) in [6.07, 6.45) is 3.24. The second kappa shape index (κ2) is 5.95. The molecule has 1 amide bonds. The Kier molecular flexibility index (Phi) is 4.08. The van der Waals surface area contributed by atoms with Crippen molar-refractivity contribution in [2.24, 2.45) is 0 Å². The van der Waals surface area contributed by atoms with Crippen LogP contribution in [-0.4, -0.2) is 37.0 Å². The van der Waals surface area contributed by atoms with Gasteiger partial charge < -0.3 is 14.8 Å². The van der Waals surface area contributed by atoms with Crippen LogP contribution in [0.5, 0.6) is 0 Å². The van der Waals surface area contributed by atoms with Gasteiger partial charge in [-0.2, -0.15) is 0 Å². The van der Waals surface area contributed by atoms with Crippen LogP contribution in [0, 0.1) is 0 Å². The lowest BCUT2D eigenvalue weighted by molar-refractivity contribution is -0.137. The normalized spacial score (nSPS) is 10.4. The SMILES string of the molecule is CCc1ocnc1C(=O)NCc1cn(CC(=O)O)nn1. The molecule has 2 N–H and O–H groups in total. The van der Waals surface area contributed by atoms with Crippen LogP contribution >= 0.6 is 0 Å². The third-order valence-electron chi connectivity index (χ3n) is 2.49. The number of oxazole rings is 1. The maximum absolute atomic E-state index is 11.9. The van der Waals surface area contributed by atoms with E-state index in [1.807, 2.05) is 6.92 Å². The first-order valence-corrected chi connectivity index (χ1v) is 5.91. The molecule has 106 valence electrons. The number of nitrogens with zero attached hydrogens (tertiary/aromatic N) is 4. The van der Waals surface area contributed by atoms with Crippen LogP contribution in [0.1, 0.15) is 28.9 Å². The molecule has 0 atom stereocenters. The molecule has 9 nitrogen and oxygen atoms in total. The van der Waals surface area contributed by atoms with Crippen molar-refractivity contribution in [1.82, 2.24) is 25.3 Å². The summed E-state index contributed by atoms with van der Waals surface area (Å²) in [6, 6.07) is 0. The van der Waals surface area contributed by atoms with Gasteiger partial charge >= 0.3 is 5.97 Å². The number of carboxylic acids is 1. The molecular weight excluding hydrogens is 266 g/mol. The van der Waals surface area contributed by atoms with Gasteiger partial charge in [0.2, 0.25) is 0 Å². The molecule has 0 spiro atoms. The average Bonchev–Trinajstić information content (AvgIpc) is 3.03. The fourth-order valence-corrected chi connectivity index (χ4v) is 1.60. The zero-order chi connectivity index (χ0) is 14.5. The maximum atomic E-state index is 11.9. The molecule has 0 bridgehead atoms. The van der Waals surface area contributed by atoms with Crippen molar-refractivity contribution in [2.75, 3.05) is 0 Å². The van der Waals surface area contributed by atoms with E-state index >= 15 is 0 Å². The molecule has 2 aromatic heterocycles. The molecule has 2 aromatic rings. The maximum Gasteiger partial charge on any atom is 0.325 e. The van der Waals surface area contributed by atoms with Gasteiger partial charge in [0.1, 0.15) is 18.0 Å². The molecule has 0 radical (unpaired) electrons. The number of hydrogen-bond donors (Lipinski definition) is 2. The van der Waals surface area contributed by atoms with Crippen LogP contribution in [0.25, 0.3) is 0 Å². The molecule has 0 aliphatic heterocycles. The second-order valence-electron chi connectivity index (χ2n) is 3.96. The van der Waals surface area contributed by atoms with Gasteiger partial charge in [-0.1, -0.05) is 12.1 Å². The first kappa shape index (κ1) is 13.7. The molecule has 2 rings (SSSR count). The Morgan fingerprint density at radius 3 is 3.00 bits per heavy atom. The summed E-state index contributed by atoms with van der Waals surface area (Å²) in [6.45, 7) is 1.72. The monoisotopic (exact) mass is 279 g/mol. The van der Waals surface area contributed by atoms with Crippen LogP contribution in [0.15, 0.2) is 17.0 Å². The number of nitrogens with one attached hydrogen (secondary N) is 1. The second-order valence-corrected chi connectivity index (χ2v) is 3.96. The number of carboxylic acid groups (broad SMARTS) is 1. The Bertz CT molecular complexity index is 618. The summed E-state index contributed by atoms with van der Waals surface area (Å²) in [4.78, 5) is 26.2. The summed E-state index contributed by atoms with van der Waals surface area (Å²) in [5, 5.41) is 18.6. The van der Waals surface area contributed by atoms with Gasteiger partial charge in [-0.25, -0.2) is 9.67 Å². The van der Waals surface area contributed by atoms with Gasteiger partial charge in [0, 0.05) is 6.42 Å². The highest BCUT2D eigenvalue weighted by molar-refractivity contribution is 5.93. The van der Waals surface area contributed by atoms with Gasteiger partial charge in [0.25, 0.3) is 5.91 Å². The number of aryl methyl sites for hydroxylation is 1. The van der Waals surface area contributed by atoms with Crippen LogP contribution in [-0.2, 0) is 24.3 Å². The highest BCUT2D eigenvalue weighted by Gasteiger charge is 2.15. The average molecular weight is 279 g/mol. The van der Waals surface area contributed by atoms with Crippen molar-refractivity contribution in [3.05, 3.63) is 29.7 Å². The van der Waals surface area contributed by atoms with Crippen molar-refractivity contribution in [3.63, 3.8) is 0 Å². The summed E-state index contributed by atoms with van der Waals surface area (Å²) in [5.41, 5.74) is 0.701. The molecule has 0 saturated carbocycles. The molecule has 2 heterocycles. The molecule has 0 aliphatic rings. The lowest BCUT2D eigenvalue weighted by Crippen LogP contribution is -2.24. The third-order valence-corrected chi connectivity index (χ3v) is 2.49. The van der Waals surface area contributed by atoms with Crippen LogP contribution < -0.4 is 5.32 Å². The number of carbonyl (C=O) groups is 2. The molecule has 0 fully saturated rings. The van der Waals surface area contributed by atoms with Crippen LogP contribution in [0.2, 0.25) is 0 Å². The number of carbonyl (C=O) groups excluding carboxylic acids is 1. The molecule has 0 unspecified atom stereocenters. The van der Waals surface area contributed by atoms with E-state index < -0.39 is 5.97 Å². The molecular formula is C11H13N5O4. The zero-order valence-corrected chi connectivity index (χ0v) is 10.7. The molecule has 0 aliphatic carbocycles. The predicted molar refractivity (Wildman–Crippen MR) is 64.7 cm³/mol. The van der Waals surface area contributed by atoms with Crippen LogP contribution in [0.4, 0.5) is 0 Å². The van der Waals surface area contributed by atoms with Crippen molar-refractivity contribution in [2.45, 2.75) is 26.4 Å². The van der Waals surface area contributed by atoms with Crippen molar-refractivity contribution in [1.29, 1.82) is 0 Å². The van der Waals surface area contributed by atoms with E-state index in [0.717, 1.165) is 0 Å². The quantitative estimate of drug-likeness (QED) is 0.753. The fourth-order valence-electron chi connectivity index (χ4n) is 1.60. The number of amides is 1. The Labute approximate surface area is 113 Å². The third kappa shape index (κ3) is 3.19. The number of aliphatic carboxylic acids is 1. The largest absolute Gasteiger partial charge is 0.480 e. The Hall–Kier alpha value is -2.71. The molecule has 20 heavy (non-hydrogen) atoms. The first-order valence-electron chi connectivity index (χ1n) is 5.91. The van der Waals surface area contributed by atoms with E-state index in [2.05, 4.69) is 20.6 Å². The minimum absolute atomic E-state index is 0.133. The van der Waals surface area contributed by atoms with Gasteiger partial charge in [0.05, 0.1) is 12.7 Å². The first-order chi connectivity index (χ1) is 9.60. The van der Waals surface area contributed by atoms with Crippen molar-refractivity contribution in [3.8, 4) is 0 Å². The van der Waals surface area contributed by atoms with E-state index in [0.29, 0.717) is 17.9 Å². The molecule has 0 aromatic carbocycles. The van der Waals surface area contributed by atoms with E-state index in [1.165, 1.54) is 17.3 Å². The number of aromatic nitrogens is 4. The topological polar surface area (TPSA) is 123 Å². The number of rotatable bonds is 6. The summed E-state index contributed by atoms with van der Waals surface area (Å²) in [5.74, 6) is -0.874. The number of hydrogen-bond acceptors (Lipinski definition) is 6. The molecule has 0 saturated heterocycles. The highest BCUT2D eigenvalue weighted by atomic mass is 16.4. The molecule has 9 heteroatoms. The van der Waals surface area contributed by atoms with E-state index in [1.54, 1.807) is 0 Å². The highest BCUT2D eigenvalue weighted by Crippen LogP contribution is 2.07. The Morgan fingerprint density at radius 2 is 2.30 bits per heavy atom. The minimum atomic E-state index is -1.01. The standard InChI is InChI=1S/C11H13N5O4/c1-2-8-10(13-6-20-8)11(19)12-3-7-4-16(15-14-7)5-9(17)18/h4,6H,2-3,5H2,1H3,(H,12,19)(H,17,18). The van der Waals surface area contributed by atoms with Crippen LogP contribution in [0.3, 0.4) is 0 Å². The van der Waals surface area contributed by atoms with E-state index in [9.17, 15) is 9.59 Å². The van der Waals surface area contributed by atoms with Gasteiger partial charge in [-0.3, -0.25) is 9.59 Å². The minimum Gasteiger partial charge on any atom is -0.480 e. The van der Waals surface area contributed by atoms with E-state index in [4.69, 9.17) is 9.52 Å². The van der Waals surface area contributed by atoms with Gasteiger partial charge in [-0.15, -0.1) is 5.10 Å². The summed E-state index contributed by atoms with van der Waals surface area (Å²) >= 11 is 0. The predicted octanol–water partition coefficient (Wildman–Crippen LogP) is -0.157. The van der Waals surface area contributed by atoms with Crippen molar-refractivity contribution < 1.29 is 19.1 Å². The van der Waals surface area contributed by atoms with Gasteiger partial charge in [-0.05, 0) is 0 Å². The zero-order valence-electron chi connectivity index (χ0n) is 10.7. The van der Waals surface area contributed by atoms with Gasteiger partial charge in [0.15, 0.2) is 12.1 Å². The lowest BCUT2D eigenvalue weighted by Gasteiger charge is -2.00. The van der Waals surface area contributed by atoms with E-state index in [-0.39, 0.29) is 24.7 Å². The van der Waals surface area contributed by atoms with Crippen molar-refractivity contribution >= 4 is 11.9 Å². The Balaban J connectivity index is 1.93. The lowest BCUT2D eigenvalue weighted by atomic mass is 10.2. The smallest absolute Gasteiger partial charge is 0.325 e. The summed E-state index contributed by atoms with van der Waals surface area (Å²) in [7, 11) is 0. The fraction of sp³-hybridized carbons (Fsp3) is 0.364. The summed E-state index contributed by atoms with van der Waals surface area (Å²) < 4.78 is 6.24.